The zero-order valence-electron chi connectivity index (χ0n) is 11.1. The zero-order chi connectivity index (χ0) is 15.0. The third-order valence-electron chi connectivity index (χ3n) is 2.96. The smallest absolute Gasteiger partial charge is 0.268 e. The molecule has 2 N–H and O–H groups in total. The number of rotatable bonds is 3. The van der Waals surface area contributed by atoms with Gasteiger partial charge >= 0.3 is 0 Å². The molecule has 0 atom stereocenters. The molecular weight excluding hydrogens is 329 g/mol. The molecule has 0 aliphatic rings. The molecule has 0 saturated carbocycles. The Kier molecular flexibility index (Phi) is 3.89. The Labute approximate surface area is 135 Å². The summed E-state index contributed by atoms with van der Waals surface area (Å²) in [6.07, 6.45) is 0.486. The van der Waals surface area contributed by atoms with E-state index in [2.05, 4.69) is 10.1 Å². The van der Waals surface area contributed by atoms with E-state index in [1.165, 1.54) is 11.3 Å². The first-order valence-corrected chi connectivity index (χ1v) is 7.73. The number of nitrogens with zero attached hydrogens (tertiary/aromatic N) is 2. The number of anilines is 1. The maximum Gasteiger partial charge on any atom is 0.268 e. The van der Waals surface area contributed by atoms with E-state index < -0.39 is 0 Å². The lowest BCUT2D eigenvalue weighted by Crippen LogP contribution is -1.92. The van der Waals surface area contributed by atoms with Crippen LogP contribution in [0.2, 0.25) is 10.0 Å². The van der Waals surface area contributed by atoms with Crippen molar-refractivity contribution >= 4 is 39.5 Å². The SMILES string of the molecule is Cc1cc(N)sc1-c1nc(Cc2ccc(Cl)cc2Cl)no1. The summed E-state index contributed by atoms with van der Waals surface area (Å²) in [5.74, 6) is 1.05. The third-order valence-corrected chi connectivity index (χ3v) is 4.60. The summed E-state index contributed by atoms with van der Waals surface area (Å²) in [7, 11) is 0. The second-order valence-electron chi connectivity index (χ2n) is 4.59. The zero-order valence-corrected chi connectivity index (χ0v) is 13.4. The molecule has 0 radical (unpaired) electrons. The highest BCUT2D eigenvalue weighted by Crippen LogP contribution is 2.33. The molecule has 7 heteroatoms. The second kappa shape index (κ2) is 5.67. The van der Waals surface area contributed by atoms with Gasteiger partial charge in [-0.1, -0.05) is 34.4 Å². The molecule has 0 spiro atoms. The lowest BCUT2D eigenvalue weighted by atomic mass is 10.1. The van der Waals surface area contributed by atoms with Gasteiger partial charge in [0.1, 0.15) is 0 Å². The minimum Gasteiger partial charge on any atom is -0.391 e. The molecule has 0 aliphatic heterocycles. The molecule has 0 saturated heterocycles. The van der Waals surface area contributed by atoms with Crippen LogP contribution < -0.4 is 5.73 Å². The molecule has 0 bridgehead atoms. The molecule has 4 nitrogen and oxygen atoms in total. The molecule has 2 heterocycles. The van der Waals surface area contributed by atoms with E-state index in [9.17, 15) is 0 Å². The number of aryl methyl sites for hydroxylation is 1. The number of benzene rings is 1. The van der Waals surface area contributed by atoms with Crippen LogP contribution >= 0.6 is 34.5 Å². The van der Waals surface area contributed by atoms with Crippen molar-refractivity contribution in [3.05, 3.63) is 51.3 Å². The van der Waals surface area contributed by atoms with Gasteiger partial charge in [0.25, 0.3) is 5.89 Å². The van der Waals surface area contributed by atoms with E-state index in [0.29, 0.717) is 28.2 Å². The first-order valence-electron chi connectivity index (χ1n) is 6.15. The minimum absolute atomic E-state index is 0.481. The Hall–Kier alpha value is -1.56. The van der Waals surface area contributed by atoms with Crippen molar-refractivity contribution in [1.29, 1.82) is 0 Å². The minimum atomic E-state index is 0.481. The van der Waals surface area contributed by atoms with Gasteiger partial charge in [-0.25, -0.2) is 0 Å². The molecule has 2 aromatic heterocycles. The lowest BCUT2D eigenvalue weighted by Gasteiger charge is -2.00. The van der Waals surface area contributed by atoms with Crippen LogP contribution in [0.15, 0.2) is 28.8 Å². The van der Waals surface area contributed by atoms with Crippen LogP contribution in [-0.2, 0) is 6.42 Å². The first-order chi connectivity index (χ1) is 10.0. The average Bonchev–Trinajstić information content (AvgIpc) is 2.99. The maximum atomic E-state index is 6.15. The summed E-state index contributed by atoms with van der Waals surface area (Å²) < 4.78 is 5.31. The van der Waals surface area contributed by atoms with Crippen LogP contribution in [0.5, 0.6) is 0 Å². The third kappa shape index (κ3) is 3.05. The summed E-state index contributed by atoms with van der Waals surface area (Å²) in [5, 5.41) is 5.90. The molecule has 21 heavy (non-hydrogen) atoms. The van der Waals surface area contributed by atoms with Gasteiger partial charge in [-0.3, -0.25) is 0 Å². The highest BCUT2D eigenvalue weighted by Gasteiger charge is 2.15. The summed E-state index contributed by atoms with van der Waals surface area (Å²) in [6, 6.07) is 7.23. The van der Waals surface area contributed by atoms with Gasteiger partial charge in [0.2, 0.25) is 0 Å². The molecule has 0 fully saturated rings. The van der Waals surface area contributed by atoms with Gasteiger partial charge in [0.15, 0.2) is 5.82 Å². The number of aromatic nitrogens is 2. The topological polar surface area (TPSA) is 64.9 Å². The van der Waals surface area contributed by atoms with E-state index in [1.54, 1.807) is 12.1 Å². The fourth-order valence-electron chi connectivity index (χ4n) is 1.97. The predicted octanol–water partition coefficient (Wildman–Crippen LogP) is 4.59. The number of nitrogens with two attached hydrogens (primary N) is 1. The number of halogens is 2. The van der Waals surface area contributed by atoms with E-state index in [1.807, 2.05) is 19.1 Å². The van der Waals surface area contributed by atoms with Crippen molar-refractivity contribution in [3.8, 4) is 10.8 Å². The Bertz CT molecular complexity index is 797. The van der Waals surface area contributed by atoms with Gasteiger partial charge in [0.05, 0.1) is 9.88 Å². The van der Waals surface area contributed by atoms with Crippen LogP contribution in [0.25, 0.3) is 10.8 Å². The van der Waals surface area contributed by atoms with Crippen LogP contribution in [-0.4, -0.2) is 10.1 Å². The van der Waals surface area contributed by atoms with E-state index in [-0.39, 0.29) is 0 Å². The number of hydrogen-bond acceptors (Lipinski definition) is 5. The molecule has 3 aromatic rings. The fourth-order valence-corrected chi connectivity index (χ4v) is 3.31. The molecular formula is C14H11Cl2N3OS. The lowest BCUT2D eigenvalue weighted by molar-refractivity contribution is 0.424. The van der Waals surface area contributed by atoms with Crippen LogP contribution in [0, 0.1) is 6.92 Å². The number of thiophene rings is 1. The second-order valence-corrected chi connectivity index (χ2v) is 6.52. The van der Waals surface area contributed by atoms with E-state index >= 15 is 0 Å². The average molecular weight is 340 g/mol. The normalized spacial score (nSPS) is 11.0. The quantitative estimate of drug-likeness (QED) is 0.757. The van der Waals surface area contributed by atoms with Gasteiger partial charge in [-0.05, 0) is 36.2 Å². The van der Waals surface area contributed by atoms with Crippen LogP contribution in [0.1, 0.15) is 17.0 Å². The molecule has 108 valence electrons. The summed E-state index contributed by atoms with van der Waals surface area (Å²) in [5.41, 5.74) is 7.70. The van der Waals surface area contributed by atoms with Crippen molar-refractivity contribution in [1.82, 2.24) is 10.1 Å². The molecule has 0 unspecified atom stereocenters. The largest absolute Gasteiger partial charge is 0.391 e. The standard InChI is InChI=1S/C14H11Cl2N3OS/c1-7-4-11(17)21-13(7)14-18-12(19-20-14)5-8-2-3-9(15)6-10(8)16/h2-4,6H,5,17H2,1H3. The van der Waals surface area contributed by atoms with Crippen molar-refractivity contribution in [3.63, 3.8) is 0 Å². The Balaban J connectivity index is 1.87. The van der Waals surface area contributed by atoms with E-state index in [0.717, 1.165) is 21.0 Å². The van der Waals surface area contributed by atoms with Gasteiger partial charge in [0, 0.05) is 16.5 Å². The summed E-state index contributed by atoms with van der Waals surface area (Å²) in [6.45, 7) is 1.96. The summed E-state index contributed by atoms with van der Waals surface area (Å²) in [4.78, 5) is 5.30. The van der Waals surface area contributed by atoms with Gasteiger partial charge in [-0.2, -0.15) is 4.98 Å². The van der Waals surface area contributed by atoms with Crippen molar-refractivity contribution in [2.75, 3.05) is 5.73 Å². The Morgan fingerprint density at radius 3 is 2.76 bits per heavy atom. The monoisotopic (exact) mass is 339 g/mol. The van der Waals surface area contributed by atoms with Crippen molar-refractivity contribution < 1.29 is 4.52 Å². The van der Waals surface area contributed by atoms with Crippen molar-refractivity contribution in [2.24, 2.45) is 0 Å². The molecule has 0 amide bonds. The van der Waals surface area contributed by atoms with Crippen LogP contribution in [0.4, 0.5) is 5.00 Å². The molecule has 1 aromatic carbocycles. The number of hydrogen-bond donors (Lipinski definition) is 1. The summed E-state index contributed by atoms with van der Waals surface area (Å²) >= 11 is 13.5. The fraction of sp³-hybridized carbons (Fsp3) is 0.143. The predicted molar refractivity (Wildman–Crippen MR) is 86.0 cm³/mol. The first kappa shape index (κ1) is 14.4. The molecule has 0 aliphatic carbocycles. The van der Waals surface area contributed by atoms with Crippen molar-refractivity contribution in [2.45, 2.75) is 13.3 Å². The Morgan fingerprint density at radius 2 is 2.10 bits per heavy atom. The molecule has 3 rings (SSSR count). The van der Waals surface area contributed by atoms with E-state index in [4.69, 9.17) is 33.5 Å². The Morgan fingerprint density at radius 1 is 1.29 bits per heavy atom. The van der Waals surface area contributed by atoms with Crippen LogP contribution in [0.3, 0.4) is 0 Å². The highest BCUT2D eigenvalue weighted by atomic mass is 35.5. The maximum absolute atomic E-state index is 6.15. The van der Waals surface area contributed by atoms with Gasteiger partial charge in [-0.15, -0.1) is 11.3 Å². The number of nitrogen functional groups attached to an aromatic ring is 1. The van der Waals surface area contributed by atoms with Gasteiger partial charge < -0.3 is 10.3 Å². The highest BCUT2D eigenvalue weighted by molar-refractivity contribution is 7.19.